The highest BCUT2D eigenvalue weighted by atomic mass is 28.4. The van der Waals surface area contributed by atoms with Gasteiger partial charge in [-0.15, -0.1) is 0 Å². The van der Waals surface area contributed by atoms with Gasteiger partial charge in [0.25, 0.3) is 0 Å². The van der Waals surface area contributed by atoms with Crippen LogP contribution >= 0.6 is 0 Å². The lowest BCUT2D eigenvalue weighted by molar-refractivity contribution is -0.119. The molecule has 1 heterocycles. The highest BCUT2D eigenvalue weighted by molar-refractivity contribution is 6.74. The molecular weight excluding hydrogens is 577 g/mol. The quantitative estimate of drug-likeness (QED) is 0.107. The molecule has 0 radical (unpaired) electrons. The third-order valence-corrected chi connectivity index (χ3v) is 19.3. The highest BCUT2D eigenvalue weighted by Gasteiger charge is 2.64. The second kappa shape index (κ2) is 14.6. The lowest BCUT2D eigenvalue weighted by atomic mass is 9.79. The third-order valence-electron chi connectivity index (χ3n) is 10.4. The predicted molar refractivity (Wildman–Crippen MR) is 180 cm³/mol. The SMILES string of the molecule is CC[C@H](C=O)[C@@H](O)[C@H](CO[Si](C)(C)C(C)(C)C)[C@H](O[Si](C)(C)C(C)(C)C)[C@]1(C)O[C@@H]1[C@@H](C)COCc1ccc(OC)cc1. The molecule has 1 aromatic carbocycles. The van der Waals surface area contributed by atoms with Crippen LogP contribution in [0.15, 0.2) is 24.3 Å². The first kappa shape index (κ1) is 38.1. The van der Waals surface area contributed by atoms with Crippen molar-refractivity contribution >= 4 is 22.9 Å². The predicted octanol–water partition coefficient (Wildman–Crippen LogP) is 7.62. The van der Waals surface area contributed by atoms with Gasteiger partial charge in [-0.05, 0) is 67.3 Å². The molecule has 1 aliphatic rings. The van der Waals surface area contributed by atoms with E-state index in [9.17, 15) is 9.90 Å². The van der Waals surface area contributed by atoms with E-state index in [4.69, 9.17) is 23.1 Å². The highest BCUT2D eigenvalue weighted by Crippen LogP contribution is 2.51. The van der Waals surface area contributed by atoms with Crippen LogP contribution in [0.4, 0.5) is 0 Å². The first-order valence-corrected chi connectivity index (χ1v) is 21.8. The Morgan fingerprint density at radius 3 is 2.02 bits per heavy atom. The zero-order valence-corrected chi connectivity index (χ0v) is 31.6. The number of methoxy groups -OCH3 is 1. The summed E-state index contributed by atoms with van der Waals surface area (Å²) in [5.74, 6) is -0.0208. The van der Waals surface area contributed by atoms with E-state index in [0.29, 0.717) is 26.2 Å². The minimum absolute atomic E-state index is 0.00532. The molecule has 1 fully saturated rings. The van der Waals surface area contributed by atoms with Gasteiger partial charge in [-0.25, -0.2) is 0 Å². The van der Waals surface area contributed by atoms with Gasteiger partial charge in [-0.2, -0.15) is 0 Å². The zero-order chi connectivity index (χ0) is 33.0. The van der Waals surface area contributed by atoms with Crippen LogP contribution < -0.4 is 4.74 Å². The van der Waals surface area contributed by atoms with Crippen molar-refractivity contribution in [3.63, 3.8) is 0 Å². The standard InChI is InChI=1S/C34H62O7Si2/c1-15-26(20-35)29(36)28(23-39-42(11,12)32(3,4)5)31(41-43(13,14)33(6,7)8)34(9)30(40-34)24(2)21-38-22-25-16-18-27(37-10)19-17-25/h16-20,24,26,28-31,36H,15,21-23H2,1-14H3/t24-,26+,28-,29+,30+,31-,34+/m0/s1. The van der Waals surface area contributed by atoms with Gasteiger partial charge in [0.15, 0.2) is 16.6 Å². The first-order chi connectivity index (χ1) is 19.6. The van der Waals surface area contributed by atoms with Gasteiger partial charge < -0.3 is 33.0 Å². The third kappa shape index (κ3) is 9.47. The molecule has 0 amide bonds. The molecule has 0 saturated carbocycles. The lowest BCUT2D eigenvalue weighted by Gasteiger charge is -2.46. The smallest absolute Gasteiger partial charge is 0.192 e. The number of carbonyl (C=O) groups is 1. The number of hydrogen-bond donors (Lipinski definition) is 1. The van der Waals surface area contributed by atoms with E-state index < -0.39 is 46.3 Å². The lowest BCUT2D eigenvalue weighted by Crippen LogP contribution is -2.56. The molecule has 248 valence electrons. The number of aliphatic hydroxyl groups excluding tert-OH is 1. The Bertz CT molecular complexity index is 1020. The maximum atomic E-state index is 12.1. The Morgan fingerprint density at radius 1 is 1.00 bits per heavy atom. The maximum Gasteiger partial charge on any atom is 0.192 e. The number of aldehydes is 1. The van der Waals surface area contributed by atoms with E-state index in [1.165, 1.54) is 0 Å². The van der Waals surface area contributed by atoms with Crippen molar-refractivity contribution in [2.45, 2.75) is 136 Å². The molecule has 1 aliphatic heterocycles. The van der Waals surface area contributed by atoms with E-state index in [0.717, 1.165) is 17.6 Å². The van der Waals surface area contributed by atoms with Crippen molar-refractivity contribution in [3.05, 3.63) is 29.8 Å². The Kier molecular flexibility index (Phi) is 12.9. The van der Waals surface area contributed by atoms with E-state index in [-0.39, 0.29) is 22.1 Å². The summed E-state index contributed by atoms with van der Waals surface area (Å²) >= 11 is 0. The summed E-state index contributed by atoms with van der Waals surface area (Å²) < 4.78 is 31.9. The summed E-state index contributed by atoms with van der Waals surface area (Å²) in [7, 11) is -2.82. The molecule has 0 aromatic heterocycles. The van der Waals surface area contributed by atoms with Crippen LogP contribution in [0.2, 0.25) is 36.3 Å². The summed E-state index contributed by atoms with van der Waals surface area (Å²) in [5, 5.41) is 11.8. The van der Waals surface area contributed by atoms with Crippen LogP contribution in [0.25, 0.3) is 0 Å². The Morgan fingerprint density at radius 2 is 1.56 bits per heavy atom. The summed E-state index contributed by atoms with van der Waals surface area (Å²) in [4.78, 5) is 12.1. The average Bonchev–Trinajstić information content (AvgIpc) is 3.60. The fraction of sp³-hybridized carbons (Fsp3) is 0.794. The number of epoxide rings is 1. The number of carbonyl (C=O) groups excluding carboxylic acids is 1. The van der Waals surface area contributed by atoms with E-state index in [1.54, 1.807) is 7.11 Å². The van der Waals surface area contributed by atoms with Crippen molar-refractivity contribution in [1.82, 2.24) is 0 Å². The summed E-state index contributed by atoms with van der Waals surface area (Å²) in [6, 6.07) is 7.89. The molecule has 7 nitrogen and oxygen atoms in total. The van der Waals surface area contributed by atoms with Crippen LogP contribution in [0.1, 0.15) is 74.3 Å². The van der Waals surface area contributed by atoms with E-state index in [1.807, 2.05) is 31.2 Å². The van der Waals surface area contributed by atoms with Crippen LogP contribution in [0, 0.1) is 17.8 Å². The van der Waals surface area contributed by atoms with Gasteiger partial charge in [0.1, 0.15) is 17.6 Å². The van der Waals surface area contributed by atoms with Crippen LogP contribution in [-0.4, -0.2) is 72.3 Å². The second-order valence-electron chi connectivity index (χ2n) is 15.8. The van der Waals surface area contributed by atoms with E-state index >= 15 is 0 Å². The van der Waals surface area contributed by atoms with Gasteiger partial charge in [0, 0.05) is 24.4 Å². The second-order valence-corrected chi connectivity index (χ2v) is 25.4. The number of hydrogen-bond acceptors (Lipinski definition) is 7. The van der Waals surface area contributed by atoms with Crippen molar-refractivity contribution < 1.29 is 33.0 Å². The normalized spacial score (nSPS) is 23.3. The van der Waals surface area contributed by atoms with Gasteiger partial charge >= 0.3 is 0 Å². The van der Waals surface area contributed by atoms with Crippen LogP contribution in [0.5, 0.6) is 5.75 Å². The van der Waals surface area contributed by atoms with Crippen molar-refractivity contribution in [1.29, 1.82) is 0 Å². The van der Waals surface area contributed by atoms with E-state index in [2.05, 4.69) is 81.6 Å². The Hall–Kier alpha value is -1.08. The average molecular weight is 639 g/mol. The molecule has 1 aromatic rings. The summed E-state index contributed by atoms with van der Waals surface area (Å²) in [6.07, 6.45) is -0.0418. The molecule has 0 bridgehead atoms. The molecular formula is C34H62O7Si2. The van der Waals surface area contributed by atoms with Gasteiger partial charge in [0.2, 0.25) is 0 Å². The Balaban J connectivity index is 2.37. The maximum absolute atomic E-state index is 12.1. The number of rotatable bonds is 17. The number of benzene rings is 1. The van der Waals surface area contributed by atoms with Crippen molar-refractivity contribution in [2.24, 2.45) is 17.8 Å². The Labute approximate surface area is 264 Å². The molecule has 0 spiro atoms. The van der Waals surface area contributed by atoms with Crippen molar-refractivity contribution in [2.75, 3.05) is 20.3 Å². The van der Waals surface area contributed by atoms with Gasteiger partial charge in [-0.1, -0.05) is 67.5 Å². The molecule has 1 saturated heterocycles. The van der Waals surface area contributed by atoms with Crippen molar-refractivity contribution in [3.8, 4) is 5.75 Å². The topological polar surface area (TPSA) is 86.8 Å². The molecule has 0 aliphatic carbocycles. The number of ether oxygens (including phenoxy) is 3. The van der Waals surface area contributed by atoms with Crippen LogP contribution in [-0.2, 0) is 29.7 Å². The largest absolute Gasteiger partial charge is 0.497 e. The minimum Gasteiger partial charge on any atom is -0.497 e. The molecule has 9 heteroatoms. The molecule has 43 heavy (non-hydrogen) atoms. The molecule has 2 rings (SSSR count). The monoisotopic (exact) mass is 638 g/mol. The number of aliphatic hydroxyl groups is 1. The zero-order valence-electron chi connectivity index (χ0n) is 29.6. The summed E-state index contributed by atoms with van der Waals surface area (Å²) in [6.45, 7) is 29.7. The first-order valence-electron chi connectivity index (χ1n) is 16.0. The molecule has 0 unspecified atom stereocenters. The fourth-order valence-corrected chi connectivity index (χ4v) is 7.51. The molecule has 1 N–H and O–H groups in total. The summed E-state index contributed by atoms with van der Waals surface area (Å²) in [5.41, 5.74) is 0.430. The fourth-order valence-electron chi connectivity index (χ4n) is 5.07. The van der Waals surface area contributed by atoms with Gasteiger partial charge in [0.05, 0.1) is 38.6 Å². The van der Waals surface area contributed by atoms with Gasteiger partial charge in [-0.3, -0.25) is 0 Å². The minimum atomic E-state index is -2.32. The van der Waals surface area contributed by atoms with Crippen LogP contribution in [0.3, 0.4) is 0 Å². The molecule has 7 atom stereocenters.